The van der Waals surface area contributed by atoms with Gasteiger partial charge >= 0.3 is 0 Å². The summed E-state index contributed by atoms with van der Waals surface area (Å²) in [6.07, 6.45) is 5.65. The van der Waals surface area contributed by atoms with E-state index in [1.54, 1.807) is 28.6 Å². The third-order valence-corrected chi connectivity index (χ3v) is 7.10. The van der Waals surface area contributed by atoms with Gasteiger partial charge in [-0.3, -0.25) is 14.6 Å². The highest BCUT2D eigenvalue weighted by molar-refractivity contribution is 7.10. The van der Waals surface area contributed by atoms with Crippen molar-refractivity contribution in [2.24, 2.45) is 0 Å². The Kier molecular flexibility index (Phi) is 7.00. The highest BCUT2D eigenvalue weighted by atomic mass is 32.1. The molecule has 1 aromatic carbocycles. The van der Waals surface area contributed by atoms with Gasteiger partial charge in [-0.2, -0.15) is 0 Å². The van der Waals surface area contributed by atoms with Crippen LogP contribution in [0.5, 0.6) is 0 Å². The van der Waals surface area contributed by atoms with Crippen molar-refractivity contribution < 1.29 is 9.59 Å². The molecule has 32 heavy (non-hydrogen) atoms. The first-order valence-electron chi connectivity index (χ1n) is 11.1. The number of thiophene rings is 1. The van der Waals surface area contributed by atoms with Gasteiger partial charge in [-0.1, -0.05) is 29.8 Å². The fourth-order valence-electron chi connectivity index (χ4n) is 4.30. The van der Waals surface area contributed by atoms with Gasteiger partial charge in [0.15, 0.2) is 0 Å². The van der Waals surface area contributed by atoms with Gasteiger partial charge in [0.05, 0.1) is 6.04 Å². The number of aromatic nitrogens is 1. The summed E-state index contributed by atoms with van der Waals surface area (Å²) in [5, 5.41) is 2.11. The summed E-state index contributed by atoms with van der Waals surface area (Å²) in [6.45, 7) is 3.40. The molecule has 0 N–H and O–H groups in total. The quantitative estimate of drug-likeness (QED) is 0.539. The zero-order chi connectivity index (χ0) is 22.5. The molecule has 166 valence electrons. The second kappa shape index (κ2) is 10.1. The number of carbonyl (C=O) groups excluding carboxylic acids is 2. The molecule has 3 aromatic rings. The maximum Gasteiger partial charge on any atom is 0.223 e. The Hall–Kier alpha value is -2.99. The largest absolute Gasteiger partial charge is 0.345 e. The van der Waals surface area contributed by atoms with E-state index < -0.39 is 0 Å². The number of carbonyl (C=O) groups is 2. The molecule has 5 nitrogen and oxygen atoms in total. The predicted molar refractivity (Wildman–Crippen MR) is 128 cm³/mol. The van der Waals surface area contributed by atoms with Crippen LogP contribution < -0.4 is 0 Å². The molecular formula is C26H29N3O2S. The first kappa shape index (κ1) is 22.2. The molecule has 2 amide bonds. The number of pyridine rings is 1. The fourth-order valence-corrected chi connectivity index (χ4v) is 5.21. The number of benzene rings is 1. The molecular weight excluding hydrogens is 418 g/mol. The molecule has 0 saturated carbocycles. The van der Waals surface area contributed by atoms with E-state index in [0.29, 0.717) is 13.1 Å². The minimum atomic E-state index is -0.0723. The Morgan fingerprint density at radius 2 is 1.97 bits per heavy atom. The van der Waals surface area contributed by atoms with Crippen molar-refractivity contribution in [3.8, 4) is 0 Å². The van der Waals surface area contributed by atoms with E-state index in [9.17, 15) is 9.59 Å². The van der Waals surface area contributed by atoms with E-state index in [1.165, 1.54) is 16.0 Å². The predicted octanol–water partition coefficient (Wildman–Crippen LogP) is 4.41. The first-order chi connectivity index (χ1) is 15.5. The topological polar surface area (TPSA) is 53.5 Å². The molecule has 4 rings (SSSR count). The average molecular weight is 448 g/mol. The van der Waals surface area contributed by atoms with Crippen LogP contribution in [0.25, 0.3) is 0 Å². The number of nitrogens with zero attached hydrogens (tertiary/aromatic N) is 3. The van der Waals surface area contributed by atoms with Crippen LogP contribution in [0, 0.1) is 6.92 Å². The molecule has 2 aromatic heterocycles. The summed E-state index contributed by atoms with van der Waals surface area (Å²) >= 11 is 1.76. The Morgan fingerprint density at radius 3 is 2.75 bits per heavy atom. The molecule has 0 bridgehead atoms. The van der Waals surface area contributed by atoms with Crippen molar-refractivity contribution in [1.82, 2.24) is 14.8 Å². The summed E-state index contributed by atoms with van der Waals surface area (Å²) in [5.74, 6) is 0.0528. The van der Waals surface area contributed by atoms with Gasteiger partial charge in [0.2, 0.25) is 11.8 Å². The van der Waals surface area contributed by atoms with E-state index in [2.05, 4.69) is 47.6 Å². The summed E-state index contributed by atoms with van der Waals surface area (Å²) in [7, 11) is 1.81. The maximum absolute atomic E-state index is 13.3. The number of amides is 2. The Morgan fingerprint density at radius 1 is 1.16 bits per heavy atom. The van der Waals surface area contributed by atoms with E-state index in [-0.39, 0.29) is 30.7 Å². The SMILES string of the molecule is Cc1cccc(C2c3ccsc3CCN2C(=O)CCC(=O)N(C)CCc2ccncc2)c1. The minimum Gasteiger partial charge on any atom is -0.345 e. The molecule has 3 heterocycles. The van der Waals surface area contributed by atoms with Crippen LogP contribution in [0.3, 0.4) is 0 Å². The molecule has 0 spiro atoms. The molecule has 1 aliphatic heterocycles. The lowest BCUT2D eigenvalue weighted by Gasteiger charge is -2.36. The third-order valence-electron chi connectivity index (χ3n) is 6.11. The van der Waals surface area contributed by atoms with Gasteiger partial charge in [0.25, 0.3) is 0 Å². The van der Waals surface area contributed by atoms with Crippen molar-refractivity contribution in [3.63, 3.8) is 0 Å². The van der Waals surface area contributed by atoms with Crippen molar-refractivity contribution >= 4 is 23.2 Å². The van der Waals surface area contributed by atoms with Gasteiger partial charge < -0.3 is 9.80 Å². The van der Waals surface area contributed by atoms with Crippen LogP contribution in [-0.2, 0) is 22.4 Å². The van der Waals surface area contributed by atoms with Crippen molar-refractivity contribution in [2.45, 2.75) is 38.6 Å². The highest BCUT2D eigenvalue weighted by Gasteiger charge is 2.32. The molecule has 0 fully saturated rings. The van der Waals surface area contributed by atoms with Crippen LogP contribution in [-0.4, -0.2) is 46.7 Å². The van der Waals surface area contributed by atoms with Gasteiger partial charge in [0.1, 0.15) is 0 Å². The van der Waals surface area contributed by atoms with Crippen LogP contribution in [0.2, 0.25) is 0 Å². The van der Waals surface area contributed by atoms with Crippen molar-refractivity contribution in [3.05, 3.63) is 87.4 Å². The Bertz CT molecular complexity index is 1080. The van der Waals surface area contributed by atoms with Gasteiger partial charge in [-0.05, 0) is 60.0 Å². The van der Waals surface area contributed by atoms with Crippen LogP contribution in [0.4, 0.5) is 0 Å². The molecule has 0 radical (unpaired) electrons. The van der Waals surface area contributed by atoms with E-state index in [1.807, 2.05) is 24.1 Å². The van der Waals surface area contributed by atoms with Crippen molar-refractivity contribution in [1.29, 1.82) is 0 Å². The van der Waals surface area contributed by atoms with E-state index in [0.717, 1.165) is 24.0 Å². The first-order valence-corrected chi connectivity index (χ1v) is 12.0. The number of aryl methyl sites for hydroxylation is 1. The lowest BCUT2D eigenvalue weighted by atomic mass is 9.92. The number of rotatable bonds is 7. The Balaban J connectivity index is 1.40. The van der Waals surface area contributed by atoms with Crippen LogP contribution >= 0.6 is 11.3 Å². The monoisotopic (exact) mass is 447 g/mol. The minimum absolute atomic E-state index is 0.00717. The molecule has 1 atom stereocenters. The molecule has 6 heteroatoms. The average Bonchev–Trinajstić information content (AvgIpc) is 3.29. The lowest BCUT2D eigenvalue weighted by Crippen LogP contribution is -2.40. The maximum atomic E-state index is 13.3. The van der Waals surface area contributed by atoms with E-state index >= 15 is 0 Å². The zero-order valence-electron chi connectivity index (χ0n) is 18.7. The summed E-state index contributed by atoms with van der Waals surface area (Å²) in [4.78, 5) is 35.0. The second-order valence-corrected chi connectivity index (χ2v) is 9.37. The summed E-state index contributed by atoms with van der Waals surface area (Å²) in [6, 6.07) is 14.4. The van der Waals surface area contributed by atoms with Gasteiger partial charge in [-0.15, -0.1) is 11.3 Å². The van der Waals surface area contributed by atoms with E-state index in [4.69, 9.17) is 0 Å². The second-order valence-electron chi connectivity index (χ2n) is 8.37. The molecule has 0 saturated heterocycles. The van der Waals surface area contributed by atoms with Gasteiger partial charge in [0, 0.05) is 50.2 Å². The summed E-state index contributed by atoms with van der Waals surface area (Å²) in [5.41, 5.74) is 4.69. The number of likely N-dealkylation sites (N-methyl/N-ethyl adjacent to an activating group) is 1. The van der Waals surface area contributed by atoms with Crippen LogP contribution in [0.15, 0.2) is 60.2 Å². The third kappa shape index (κ3) is 5.07. The fraction of sp³-hybridized carbons (Fsp3) is 0.346. The normalized spacial score (nSPS) is 15.3. The molecule has 1 aliphatic rings. The zero-order valence-corrected chi connectivity index (χ0v) is 19.5. The number of hydrogen-bond acceptors (Lipinski definition) is 4. The lowest BCUT2D eigenvalue weighted by molar-refractivity contribution is -0.137. The molecule has 1 unspecified atom stereocenters. The standard InChI is InChI=1S/C26H29N3O2S/c1-19-4-3-5-21(18-19)26-22-12-17-32-23(22)11-16-29(26)25(31)7-6-24(30)28(2)15-10-20-8-13-27-14-9-20/h3-5,8-9,12-14,17-18,26H,6-7,10-11,15-16H2,1-2H3. The number of fused-ring (bicyclic) bond motifs is 1. The number of hydrogen-bond donors (Lipinski definition) is 0. The van der Waals surface area contributed by atoms with Gasteiger partial charge in [-0.25, -0.2) is 0 Å². The highest BCUT2D eigenvalue weighted by Crippen LogP contribution is 2.38. The Labute approximate surface area is 193 Å². The van der Waals surface area contributed by atoms with Crippen LogP contribution in [0.1, 0.15) is 46.0 Å². The summed E-state index contributed by atoms with van der Waals surface area (Å²) < 4.78 is 0. The van der Waals surface area contributed by atoms with Crippen molar-refractivity contribution in [2.75, 3.05) is 20.1 Å². The smallest absolute Gasteiger partial charge is 0.223 e. The molecule has 0 aliphatic carbocycles.